The van der Waals surface area contributed by atoms with E-state index in [4.69, 9.17) is 4.74 Å². The Kier molecular flexibility index (Phi) is 4.13. The van der Waals surface area contributed by atoms with Crippen LogP contribution in [0.2, 0.25) is 0 Å². The smallest absolute Gasteiger partial charge is 0.123 e. The fraction of sp³-hybridized carbons (Fsp3) is 0.571. The van der Waals surface area contributed by atoms with Gasteiger partial charge in [0.1, 0.15) is 5.82 Å². The fourth-order valence-corrected chi connectivity index (χ4v) is 2.51. The molecule has 94 valence electrons. The van der Waals surface area contributed by atoms with Gasteiger partial charge in [0, 0.05) is 19.2 Å². The molecule has 0 aliphatic heterocycles. The summed E-state index contributed by atoms with van der Waals surface area (Å²) in [5.74, 6) is -0.179. The van der Waals surface area contributed by atoms with Crippen molar-refractivity contribution in [3.8, 4) is 0 Å². The lowest BCUT2D eigenvalue weighted by Gasteiger charge is -2.20. The predicted molar refractivity (Wildman–Crippen MR) is 66.4 cm³/mol. The Bertz CT molecular complexity index is 352. The highest BCUT2D eigenvalue weighted by atomic mass is 19.1. The molecule has 2 nitrogen and oxygen atoms in total. The van der Waals surface area contributed by atoms with Gasteiger partial charge >= 0.3 is 0 Å². The highest BCUT2D eigenvalue weighted by Gasteiger charge is 2.25. The summed E-state index contributed by atoms with van der Waals surface area (Å²) in [6.45, 7) is 2.12. The first-order valence-corrected chi connectivity index (χ1v) is 6.23. The molecule has 0 bridgehead atoms. The van der Waals surface area contributed by atoms with Crippen molar-refractivity contribution in [1.82, 2.24) is 5.32 Å². The zero-order chi connectivity index (χ0) is 12.3. The van der Waals surface area contributed by atoms with Crippen molar-refractivity contribution in [3.05, 3.63) is 35.6 Å². The molecule has 0 radical (unpaired) electrons. The molecule has 3 heteroatoms. The lowest BCUT2D eigenvalue weighted by molar-refractivity contribution is 0.106. The molecule has 3 unspecified atom stereocenters. The molecule has 3 atom stereocenters. The van der Waals surface area contributed by atoms with Crippen LogP contribution in [0.15, 0.2) is 24.3 Å². The number of ether oxygens (including phenoxy) is 1. The second-order valence-electron chi connectivity index (χ2n) is 4.81. The van der Waals surface area contributed by atoms with E-state index in [1.807, 2.05) is 12.1 Å². The van der Waals surface area contributed by atoms with Crippen molar-refractivity contribution in [2.45, 2.75) is 44.4 Å². The minimum Gasteiger partial charge on any atom is -0.381 e. The Morgan fingerprint density at radius 1 is 1.29 bits per heavy atom. The summed E-state index contributed by atoms with van der Waals surface area (Å²) in [5.41, 5.74) is 1.13. The molecular formula is C14H20FNO. The summed E-state index contributed by atoms with van der Waals surface area (Å²) < 4.78 is 18.2. The SMILES string of the molecule is COC1CCC(NC(C)c2ccc(F)cc2)C1. The van der Waals surface area contributed by atoms with Crippen LogP contribution in [0, 0.1) is 5.82 Å². The number of halogens is 1. The summed E-state index contributed by atoms with van der Waals surface area (Å²) in [6.07, 6.45) is 3.75. The molecule has 2 rings (SSSR count). The number of hydrogen-bond acceptors (Lipinski definition) is 2. The second-order valence-corrected chi connectivity index (χ2v) is 4.81. The van der Waals surface area contributed by atoms with E-state index >= 15 is 0 Å². The molecule has 1 aliphatic rings. The van der Waals surface area contributed by atoms with E-state index in [2.05, 4.69) is 12.2 Å². The van der Waals surface area contributed by atoms with Crippen molar-refractivity contribution in [3.63, 3.8) is 0 Å². The van der Waals surface area contributed by atoms with E-state index in [1.165, 1.54) is 12.1 Å². The summed E-state index contributed by atoms with van der Waals surface area (Å²) in [4.78, 5) is 0. The first-order chi connectivity index (χ1) is 8.19. The van der Waals surface area contributed by atoms with E-state index in [-0.39, 0.29) is 11.9 Å². The van der Waals surface area contributed by atoms with Gasteiger partial charge in [-0.3, -0.25) is 0 Å². The Hall–Kier alpha value is -0.930. The lowest BCUT2D eigenvalue weighted by Crippen LogP contribution is -2.29. The molecule has 1 fully saturated rings. The molecule has 0 amide bonds. The summed E-state index contributed by atoms with van der Waals surface area (Å²) in [6, 6.07) is 7.49. The molecule has 1 aromatic carbocycles. The Balaban J connectivity index is 1.89. The van der Waals surface area contributed by atoms with Crippen LogP contribution in [0.5, 0.6) is 0 Å². The van der Waals surface area contributed by atoms with Gasteiger partial charge in [-0.15, -0.1) is 0 Å². The molecule has 1 N–H and O–H groups in total. The third kappa shape index (κ3) is 3.27. The van der Waals surface area contributed by atoms with Crippen LogP contribution in [0.3, 0.4) is 0 Å². The Labute approximate surface area is 102 Å². The zero-order valence-electron chi connectivity index (χ0n) is 10.4. The van der Waals surface area contributed by atoms with Gasteiger partial charge in [0.15, 0.2) is 0 Å². The monoisotopic (exact) mass is 237 g/mol. The molecule has 17 heavy (non-hydrogen) atoms. The quantitative estimate of drug-likeness (QED) is 0.869. The molecule has 1 aliphatic carbocycles. The predicted octanol–water partition coefficient (Wildman–Crippen LogP) is 3.04. The topological polar surface area (TPSA) is 21.3 Å². The van der Waals surface area contributed by atoms with Gasteiger partial charge in [0.25, 0.3) is 0 Å². The molecule has 0 spiro atoms. The minimum absolute atomic E-state index is 0.179. The van der Waals surface area contributed by atoms with Crippen LogP contribution >= 0.6 is 0 Å². The normalized spacial score (nSPS) is 26.1. The minimum atomic E-state index is -0.179. The van der Waals surface area contributed by atoms with Crippen molar-refractivity contribution in [1.29, 1.82) is 0 Å². The molecular weight excluding hydrogens is 217 g/mol. The highest BCUT2D eigenvalue weighted by Crippen LogP contribution is 2.24. The average Bonchev–Trinajstić information content (AvgIpc) is 2.77. The van der Waals surface area contributed by atoms with Gasteiger partial charge in [-0.1, -0.05) is 12.1 Å². The van der Waals surface area contributed by atoms with Gasteiger partial charge in [0.05, 0.1) is 6.10 Å². The molecule has 0 aromatic heterocycles. The molecule has 1 aromatic rings. The van der Waals surface area contributed by atoms with Gasteiger partial charge in [0.2, 0.25) is 0 Å². The van der Waals surface area contributed by atoms with Crippen molar-refractivity contribution in [2.75, 3.05) is 7.11 Å². The summed E-state index contributed by atoms with van der Waals surface area (Å²) in [7, 11) is 1.77. The first kappa shape index (κ1) is 12.5. The number of methoxy groups -OCH3 is 1. The van der Waals surface area contributed by atoms with Crippen LogP contribution in [0.4, 0.5) is 4.39 Å². The van der Waals surface area contributed by atoms with Crippen molar-refractivity contribution in [2.24, 2.45) is 0 Å². The number of hydrogen-bond donors (Lipinski definition) is 1. The van der Waals surface area contributed by atoms with Crippen LogP contribution in [-0.4, -0.2) is 19.3 Å². The highest BCUT2D eigenvalue weighted by molar-refractivity contribution is 5.19. The number of benzene rings is 1. The van der Waals surface area contributed by atoms with Crippen molar-refractivity contribution < 1.29 is 9.13 Å². The zero-order valence-corrected chi connectivity index (χ0v) is 10.4. The number of rotatable bonds is 4. The third-order valence-corrected chi connectivity index (χ3v) is 3.57. The van der Waals surface area contributed by atoms with E-state index in [0.29, 0.717) is 12.1 Å². The van der Waals surface area contributed by atoms with Crippen LogP contribution in [0.1, 0.15) is 37.8 Å². The lowest BCUT2D eigenvalue weighted by atomic mass is 10.1. The molecule has 1 saturated carbocycles. The molecule has 0 heterocycles. The van der Waals surface area contributed by atoms with Crippen LogP contribution < -0.4 is 5.32 Å². The van der Waals surface area contributed by atoms with E-state index < -0.39 is 0 Å². The molecule has 0 saturated heterocycles. The van der Waals surface area contributed by atoms with Crippen molar-refractivity contribution >= 4 is 0 Å². The standard InChI is InChI=1S/C14H20FNO/c1-10(11-3-5-12(15)6-4-11)16-13-7-8-14(9-13)17-2/h3-6,10,13-14,16H,7-9H2,1-2H3. The van der Waals surface area contributed by atoms with Gasteiger partial charge in [-0.25, -0.2) is 4.39 Å². The summed E-state index contributed by atoms with van der Waals surface area (Å²) in [5, 5.41) is 3.58. The summed E-state index contributed by atoms with van der Waals surface area (Å²) >= 11 is 0. The maximum Gasteiger partial charge on any atom is 0.123 e. The van der Waals surface area contributed by atoms with E-state index in [0.717, 1.165) is 24.8 Å². The van der Waals surface area contributed by atoms with E-state index in [9.17, 15) is 4.39 Å². The Morgan fingerprint density at radius 3 is 2.59 bits per heavy atom. The maximum atomic E-state index is 12.8. The van der Waals surface area contributed by atoms with Gasteiger partial charge in [-0.2, -0.15) is 0 Å². The van der Waals surface area contributed by atoms with Crippen LogP contribution in [-0.2, 0) is 4.74 Å². The maximum absolute atomic E-state index is 12.8. The fourth-order valence-electron chi connectivity index (χ4n) is 2.51. The van der Waals surface area contributed by atoms with Gasteiger partial charge < -0.3 is 10.1 Å². The largest absolute Gasteiger partial charge is 0.381 e. The van der Waals surface area contributed by atoms with Gasteiger partial charge in [-0.05, 0) is 43.9 Å². The second kappa shape index (κ2) is 5.61. The van der Waals surface area contributed by atoms with E-state index in [1.54, 1.807) is 7.11 Å². The Morgan fingerprint density at radius 2 is 2.00 bits per heavy atom. The van der Waals surface area contributed by atoms with Crippen LogP contribution in [0.25, 0.3) is 0 Å². The third-order valence-electron chi connectivity index (χ3n) is 3.57. The average molecular weight is 237 g/mol. The number of nitrogens with one attached hydrogen (secondary N) is 1. The first-order valence-electron chi connectivity index (χ1n) is 6.23.